The van der Waals surface area contributed by atoms with Crippen LogP contribution in [0.15, 0.2) is 18.2 Å². The molecule has 0 atom stereocenters. The summed E-state index contributed by atoms with van der Waals surface area (Å²) in [6.07, 6.45) is 1.44. The first-order valence-corrected chi connectivity index (χ1v) is 3.37. The molecule has 11 heavy (non-hydrogen) atoms. The van der Waals surface area contributed by atoms with E-state index in [0.29, 0.717) is 5.69 Å². The molecule has 3 nitrogen and oxygen atoms in total. The van der Waals surface area contributed by atoms with Gasteiger partial charge in [-0.05, 0) is 19.1 Å². The second kappa shape index (κ2) is 3.14. The van der Waals surface area contributed by atoms with Crippen molar-refractivity contribution in [1.29, 1.82) is 0 Å². The minimum atomic E-state index is 0.697. The summed E-state index contributed by atoms with van der Waals surface area (Å²) in [6, 6.07) is 5.56. The zero-order valence-electron chi connectivity index (χ0n) is 6.61. The Balaban J connectivity index is 2.97. The van der Waals surface area contributed by atoms with Crippen molar-refractivity contribution in [1.82, 2.24) is 4.98 Å². The van der Waals surface area contributed by atoms with Gasteiger partial charge < -0.3 is 5.21 Å². The maximum atomic E-state index is 10.5. The zero-order chi connectivity index (χ0) is 8.27. The lowest BCUT2D eigenvalue weighted by molar-refractivity contribution is -0.416. The lowest BCUT2D eigenvalue weighted by Gasteiger charge is -1.95. The number of nitrogens with zero attached hydrogens (tertiary/aromatic N) is 2. The summed E-state index contributed by atoms with van der Waals surface area (Å²) in [4.78, 5) is 4.12. The lowest BCUT2D eigenvalue weighted by Crippen LogP contribution is -1.99. The SMILES string of the molecule is Cc1cccc(/C=[N+](\C)[O-])n1. The predicted octanol–water partition coefficient (Wildman–Crippen LogP) is 0.949. The molecule has 1 heterocycles. The average Bonchev–Trinajstić information content (AvgIpc) is 1.85. The Labute approximate surface area is 65.6 Å². The quantitative estimate of drug-likeness (QED) is 0.259. The third-order valence-electron chi connectivity index (χ3n) is 1.22. The third-order valence-corrected chi connectivity index (χ3v) is 1.22. The number of aromatic nitrogens is 1. The van der Waals surface area contributed by atoms with Gasteiger partial charge in [0.25, 0.3) is 0 Å². The Bertz CT molecular complexity index is 277. The van der Waals surface area contributed by atoms with Crippen molar-refractivity contribution in [3.8, 4) is 0 Å². The van der Waals surface area contributed by atoms with Gasteiger partial charge in [-0.1, -0.05) is 6.07 Å². The molecule has 0 saturated heterocycles. The maximum absolute atomic E-state index is 10.5. The van der Waals surface area contributed by atoms with E-state index in [1.165, 1.54) is 13.3 Å². The van der Waals surface area contributed by atoms with E-state index < -0.39 is 0 Å². The highest BCUT2D eigenvalue weighted by Crippen LogP contribution is 1.93. The molecule has 58 valence electrons. The van der Waals surface area contributed by atoms with E-state index in [2.05, 4.69) is 4.98 Å². The summed E-state index contributed by atoms with van der Waals surface area (Å²) in [6.45, 7) is 1.89. The Morgan fingerprint density at radius 3 is 2.82 bits per heavy atom. The number of hydrogen-bond acceptors (Lipinski definition) is 2. The Hall–Kier alpha value is -1.38. The second-order valence-electron chi connectivity index (χ2n) is 2.38. The van der Waals surface area contributed by atoms with Crippen molar-refractivity contribution < 1.29 is 4.74 Å². The number of rotatable bonds is 1. The van der Waals surface area contributed by atoms with Gasteiger partial charge in [-0.3, -0.25) is 0 Å². The molecule has 1 rings (SSSR count). The van der Waals surface area contributed by atoms with E-state index in [4.69, 9.17) is 0 Å². The third kappa shape index (κ3) is 2.37. The van der Waals surface area contributed by atoms with Gasteiger partial charge in [-0.2, -0.15) is 0 Å². The van der Waals surface area contributed by atoms with Crippen molar-refractivity contribution in [2.45, 2.75) is 6.92 Å². The Kier molecular flexibility index (Phi) is 2.21. The number of pyridine rings is 1. The summed E-state index contributed by atoms with van der Waals surface area (Å²) < 4.78 is 0.738. The molecule has 0 amide bonds. The molecule has 0 N–H and O–H groups in total. The van der Waals surface area contributed by atoms with Crippen LogP contribution in [0.25, 0.3) is 0 Å². The standard InChI is InChI=1S/C8H10N2O/c1-7-4-3-5-8(9-7)6-10(2)11/h3-6H,1-2H3/b10-6+. The van der Waals surface area contributed by atoms with E-state index in [1.807, 2.05) is 19.1 Å². The summed E-state index contributed by atoms with van der Waals surface area (Å²) in [5, 5.41) is 10.5. The van der Waals surface area contributed by atoms with Crippen LogP contribution in [-0.2, 0) is 0 Å². The Morgan fingerprint density at radius 2 is 2.27 bits per heavy atom. The largest absolute Gasteiger partial charge is 0.624 e. The van der Waals surface area contributed by atoms with Crippen LogP contribution in [-0.4, -0.2) is 23.0 Å². The van der Waals surface area contributed by atoms with Crippen LogP contribution in [0.5, 0.6) is 0 Å². The molecule has 0 aliphatic heterocycles. The fourth-order valence-electron chi connectivity index (χ4n) is 0.822. The van der Waals surface area contributed by atoms with Crippen LogP contribution < -0.4 is 0 Å². The monoisotopic (exact) mass is 150 g/mol. The van der Waals surface area contributed by atoms with E-state index in [1.54, 1.807) is 6.07 Å². The molecule has 0 radical (unpaired) electrons. The summed E-state index contributed by atoms with van der Waals surface area (Å²) in [5.74, 6) is 0. The van der Waals surface area contributed by atoms with E-state index >= 15 is 0 Å². The first-order chi connectivity index (χ1) is 5.18. The van der Waals surface area contributed by atoms with Gasteiger partial charge in [-0.15, -0.1) is 0 Å². The molecule has 0 saturated carbocycles. The molecular formula is C8H10N2O. The summed E-state index contributed by atoms with van der Waals surface area (Å²) >= 11 is 0. The minimum Gasteiger partial charge on any atom is -0.624 e. The van der Waals surface area contributed by atoms with E-state index in [0.717, 1.165) is 10.4 Å². The number of hydrogen-bond donors (Lipinski definition) is 0. The van der Waals surface area contributed by atoms with Gasteiger partial charge >= 0.3 is 0 Å². The predicted molar refractivity (Wildman–Crippen MR) is 43.7 cm³/mol. The van der Waals surface area contributed by atoms with Crippen LogP contribution in [0.4, 0.5) is 0 Å². The van der Waals surface area contributed by atoms with Crippen molar-refractivity contribution in [3.05, 3.63) is 34.8 Å². The molecule has 0 unspecified atom stereocenters. The molecule has 0 spiro atoms. The van der Waals surface area contributed by atoms with Crippen LogP contribution in [0.1, 0.15) is 11.4 Å². The van der Waals surface area contributed by atoms with Crippen molar-refractivity contribution >= 4 is 6.21 Å². The normalized spacial score (nSPS) is 11.6. The van der Waals surface area contributed by atoms with Crippen LogP contribution in [0.2, 0.25) is 0 Å². The van der Waals surface area contributed by atoms with E-state index in [9.17, 15) is 5.21 Å². The van der Waals surface area contributed by atoms with Gasteiger partial charge in [0.15, 0.2) is 6.21 Å². The first kappa shape index (κ1) is 7.72. The van der Waals surface area contributed by atoms with Gasteiger partial charge in [0.2, 0.25) is 0 Å². The smallest absolute Gasteiger partial charge is 0.200 e. The van der Waals surface area contributed by atoms with Gasteiger partial charge in [0, 0.05) is 5.69 Å². The molecule has 0 fully saturated rings. The summed E-state index contributed by atoms with van der Waals surface area (Å²) in [5.41, 5.74) is 1.61. The molecule has 0 bridgehead atoms. The molecule has 0 aliphatic rings. The fourth-order valence-corrected chi connectivity index (χ4v) is 0.822. The second-order valence-corrected chi connectivity index (χ2v) is 2.38. The highest BCUT2D eigenvalue weighted by atomic mass is 16.5. The minimum absolute atomic E-state index is 0.697. The summed E-state index contributed by atoms with van der Waals surface area (Å²) in [7, 11) is 1.43. The number of hydroxylamine groups is 1. The molecule has 1 aromatic rings. The first-order valence-electron chi connectivity index (χ1n) is 3.37. The van der Waals surface area contributed by atoms with Crippen molar-refractivity contribution in [2.75, 3.05) is 7.05 Å². The molecule has 1 aromatic heterocycles. The molecule has 0 aromatic carbocycles. The van der Waals surface area contributed by atoms with Gasteiger partial charge in [0.1, 0.15) is 12.7 Å². The van der Waals surface area contributed by atoms with Crippen molar-refractivity contribution in [2.24, 2.45) is 0 Å². The average molecular weight is 150 g/mol. The lowest BCUT2D eigenvalue weighted by atomic mass is 10.3. The van der Waals surface area contributed by atoms with Crippen molar-refractivity contribution in [3.63, 3.8) is 0 Å². The van der Waals surface area contributed by atoms with Gasteiger partial charge in [0.05, 0.1) is 0 Å². The Morgan fingerprint density at radius 1 is 1.55 bits per heavy atom. The maximum Gasteiger partial charge on any atom is 0.200 e. The molecule has 3 heteroatoms. The van der Waals surface area contributed by atoms with Crippen LogP contribution in [0, 0.1) is 12.1 Å². The zero-order valence-corrected chi connectivity index (χ0v) is 6.61. The van der Waals surface area contributed by atoms with Gasteiger partial charge in [-0.25, -0.2) is 9.72 Å². The van der Waals surface area contributed by atoms with Crippen LogP contribution >= 0.6 is 0 Å². The topological polar surface area (TPSA) is 39.0 Å². The highest BCUT2D eigenvalue weighted by Gasteiger charge is 1.92. The molecular weight excluding hydrogens is 140 g/mol. The molecule has 0 aliphatic carbocycles. The fraction of sp³-hybridized carbons (Fsp3) is 0.250. The van der Waals surface area contributed by atoms with E-state index in [-0.39, 0.29) is 0 Å². The van der Waals surface area contributed by atoms with Crippen LogP contribution in [0.3, 0.4) is 0 Å². The highest BCUT2D eigenvalue weighted by molar-refractivity contribution is 5.72. The number of aryl methyl sites for hydroxylation is 1.